The van der Waals surface area contributed by atoms with Crippen molar-refractivity contribution in [3.8, 4) is 11.5 Å². The number of benzene rings is 1. The lowest BCUT2D eigenvalue weighted by Crippen LogP contribution is -2.13. The molecule has 1 aromatic carbocycles. The number of phenols is 2. The summed E-state index contributed by atoms with van der Waals surface area (Å²) in [6.45, 7) is 0. The van der Waals surface area contributed by atoms with Crippen LogP contribution in [0.2, 0.25) is 0 Å². The smallest absolute Gasteiger partial charge is 0.350 e. The maximum absolute atomic E-state index is 12.0. The topological polar surface area (TPSA) is 95.9 Å². The highest BCUT2D eigenvalue weighted by Crippen LogP contribution is 2.25. The lowest BCUT2D eigenvalue weighted by atomic mass is 10.2. The van der Waals surface area contributed by atoms with Gasteiger partial charge in [-0.05, 0) is 23.6 Å². The Hall–Kier alpha value is -2.54. The van der Waals surface area contributed by atoms with Crippen LogP contribution >= 0.6 is 11.3 Å². The number of anilines is 1. The van der Waals surface area contributed by atoms with Crippen LogP contribution in [-0.2, 0) is 4.74 Å². The van der Waals surface area contributed by atoms with Gasteiger partial charge in [0.15, 0.2) is 0 Å². The van der Waals surface area contributed by atoms with Crippen LogP contribution in [0.4, 0.5) is 5.69 Å². The molecule has 0 spiro atoms. The van der Waals surface area contributed by atoms with Crippen LogP contribution in [0.25, 0.3) is 0 Å². The van der Waals surface area contributed by atoms with Crippen LogP contribution in [0.1, 0.15) is 20.0 Å². The summed E-state index contributed by atoms with van der Waals surface area (Å²) in [7, 11) is 1.25. The Balaban J connectivity index is 2.24. The molecule has 20 heavy (non-hydrogen) atoms. The monoisotopic (exact) mass is 293 g/mol. The van der Waals surface area contributed by atoms with Crippen molar-refractivity contribution in [2.75, 3.05) is 12.4 Å². The third-order valence-electron chi connectivity index (χ3n) is 2.45. The Kier molecular flexibility index (Phi) is 3.90. The second-order valence-corrected chi connectivity index (χ2v) is 4.76. The van der Waals surface area contributed by atoms with E-state index in [0.717, 1.165) is 17.4 Å². The molecule has 1 amide bonds. The number of aromatic hydroxyl groups is 2. The number of methoxy groups -OCH3 is 1. The van der Waals surface area contributed by atoms with E-state index in [-0.39, 0.29) is 21.9 Å². The van der Waals surface area contributed by atoms with Crippen molar-refractivity contribution in [2.24, 2.45) is 0 Å². The quantitative estimate of drug-likeness (QED) is 0.754. The second kappa shape index (κ2) is 5.62. The van der Waals surface area contributed by atoms with Crippen LogP contribution in [0.15, 0.2) is 29.6 Å². The molecule has 2 rings (SSSR count). The highest BCUT2D eigenvalue weighted by molar-refractivity contribution is 7.12. The number of carbonyl (C=O) groups excluding carboxylic acids is 2. The van der Waals surface area contributed by atoms with Gasteiger partial charge in [0.25, 0.3) is 5.91 Å². The number of phenolic OH excluding ortho intramolecular Hbond substituents is 2. The molecule has 3 N–H and O–H groups in total. The fourth-order valence-electron chi connectivity index (χ4n) is 1.58. The van der Waals surface area contributed by atoms with E-state index in [9.17, 15) is 19.8 Å². The first-order valence-corrected chi connectivity index (χ1v) is 6.39. The van der Waals surface area contributed by atoms with Gasteiger partial charge in [0.05, 0.1) is 12.8 Å². The van der Waals surface area contributed by atoms with Crippen LogP contribution in [0, 0.1) is 0 Å². The Labute approximate surface area is 118 Å². The molecular weight excluding hydrogens is 282 g/mol. The molecule has 7 heteroatoms. The summed E-state index contributed by atoms with van der Waals surface area (Å²) < 4.78 is 4.60. The van der Waals surface area contributed by atoms with Crippen molar-refractivity contribution in [1.82, 2.24) is 0 Å². The number of thiophene rings is 1. The van der Waals surface area contributed by atoms with E-state index in [4.69, 9.17) is 0 Å². The van der Waals surface area contributed by atoms with E-state index in [2.05, 4.69) is 10.1 Å². The predicted molar refractivity (Wildman–Crippen MR) is 73.4 cm³/mol. The van der Waals surface area contributed by atoms with Gasteiger partial charge < -0.3 is 20.3 Å². The molecule has 0 radical (unpaired) electrons. The predicted octanol–water partition coefficient (Wildman–Crippen LogP) is 2.20. The van der Waals surface area contributed by atoms with Crippen molar-refractivity contribution in [3.63, 3.8) is 0 Å². The molecule has 1 aromatic heterocycles. The van der Waals surface area contributed by atoms with Gasteiger partial charge in [0.2, 0.25) is 0 Å². The zero-order valence-electron chi connectivity index (χ0n) is 10.4. The second-order valence-electron chi connectivity index (χ2n) is 3.85. The van der Waals surface area contributed by atoms with Gasteiger partial charge in [-0.3, -0.25) is 4.79 Å². The number of carbonyl (C=O) groups is 2. The average Bonchev–Trinajstić information content (AvgIpc) is 2.84. The molecule has 0 unspecified atom stereocenters. The first kappa shape index (κ1) is 13.9. The normalized spacial score (nSPS) is 10.1. The number of rotatable bonds is 3. The Bertz CT molecular complexity index is 644. The first-order valence-electron chi connectivity index (χ1n) is 5.51. The van der Waals surface area contributed by atoms with E-state index in [0.29, 0.717) is 5.69 Å². The van der Waals surface area contributed by atoms with E-state index in [1.54, 1.807) is 11.4 Å². The minimum absolute atomic E-state index is 0.0736. The molecule has 0 aliphatic carbocycles. The molecule has 1 heterocycles. The van der Waals surface area contributed by atoms with Gasteiger partial charge >= 0.3 is 5.97 Å². The molecule has 6 nitrogen and oxygen atoms in total. The minimum Gasteiger partial charge on any atom is -0.508 e. The standard InChI is InChI=1S/C13H11NO5S/c1-19-13(18)11-10(2-3-20-11)14-12(17)7-4-8(15)6-9(16)5-7/h2-6,15-16H,1H3,(H,14,17). The van der Waals surface area contributed by atoms with Gasteiger partial charge in [-0.1, -0.05) is 0 Å². The average molecular weight is 293 g/mol. The molecule has 0 saturated heterocycles. The van der Waals surface area contributed by atoms with Gasteiger partial charge in [0, 0.05) is 11.6 Å². The maximum Gasteiger partial charge on any atom is 0.350 e. The van der Waals surface area contributed by atoms with Crippen molar-refractivity contribution < 1.29 is 24.5 Å². The van der Waals surface area contributed by atoms with Crippen LogP contribution in [0.3, 0.4) is 0 Å². The summed E-state index contributed by atoms with van der Waals surface area (Å²) in [6, 6.07) is 5.09. The summed E-state index contributed by atoms with van der Waals surface area (Å²) in [6.07, 6.45) is 0. The molecule has 2 aromatic rings. The molecule has 0 atom stereocenters. The zero-order chi connectivity index (χ0) is 14.7. The van der Waals surface area contributed by atoms with Crippen LogP contribution < -0.4 is 5.32 Å². The summed E-state index contributed by atoms with van der Waals surface area (Å²) in [4.78, 5) is 23.7. The fourth-order valence-corrected chi connectivity index (χ4v) is 2.35. The van der Waals surface area contributed by atoms with E-state index in [1.165, 1.54) is 19.2 Å². The summed E-state index contributed by atoms with van der Waals surface area (Å²) >= 11 is 1.14. The van der Waals surface area contributed by atoms with Crippen LogP contribution in [-0.4, -0.2) is 29.2 Å². The molecule has 0 bridgehead atoms. The molecule has 104 valence electrons. The summed E-state index contributed by atoms with van der Waals surface area (Å²) in [5, 5.41) is 22.8. The van der Waals surface area contributed by atoms with Crippen molar-refractivity contribution in [2.45, 2.75) is 0 Å². The number of esters is 1. The number of hydrogen-bond donors (Lipinski definition) is 3. The molecule has 0 aliphatic rings. The van der Waals surface area contributed by atoms with E-state index in [1.807, 2.05) is 0 Å². The number of hydrogen-bond acceptors (Lipinski definition) is 6. The van der Waals surface area contributed by atoms with Crippen LogP contribution in [0.5, 0.6) is 11.5 Å². The van der Waals surface area contributed by atoms with E-state index < -0.39 is 11.9 Å². The van der Waals surface area contributed by atoms with Gasteiger partial charge in [-0.15, -0.1) is 11.3 Å². The molecule has 0 aliphatic heterocycles. The molecule has 0 saturated carbocycles. The Morgan fingerprint density at radius 2 is 1.85 bits per heavy atom. The summed E-state index contributed by atoms with van der Waals surface area (Å²) in [5.74, 6) is -1.56. The minimum atomic E-state index is -0.556. The number of amides is 1. The Morgan fingerprint density at radius 3 is 2.45 bits per heavy atom. The van der Waals surface area contributed by atoms with Gasteiger partial charge in [-0.2, -0.15) is 0 Å². The third-order valence-corrected chi connectivity index (χ3v) is 3.34. The lowest BCUT2D eigenvalue weighted by molar-refractivity contribution is 0.0607. The van der Waals surface area contributed by atoms with Crippen molar-refractivity contribution >= 4 is 28.9 Å². The number of ether oxygens (including phenoxy) is 1. The number of nitrogens with one attached hydrogen (secondary N) is 1. The maximum atomic E-state index is 12.0. The van der Waals surface area contributed by atoms with E-state index >= 15 is 0 Å². The Morgan fingerprint density at radius 1 is 1.20 bits per heavy atom. The SMILES string of the molecule is COC(=O)c1sccc1NC(=O)c1cc(O)cc(O)c1. The first-order chi connectivity index (χ1) is 9.51. The largest absolute Gasteiger partial charge is 0.508 e. The highest BCUT2D eigenvalue weighted by Gasteiger charge is 2.17. The lowest BCUT2D eigenvalue weighted by Gasteiger charge is -2.06. The van der Waals surface area contributed by atoms with Crippen molar-refractivity contribution in [3.05, 3.63) is 40.1 Å². The highest BCUT2D eigenvalue weighted by atomic mass is 32.1. The molecular formula is C13H11NO5S. The third kappa shape index (κ3) is 2.89. The fraction of sp³-hybridized carbons (Fsp3) is 0.0769. The molecule has 0 fully saturated rings. The van der Waals surface area contributed by atoms with Gasteiger partial charge in [-0.25, -0.2) is 4.79 Å². The van der Waals surface area contributed by atoms with Gasteiger partial charge in [0.1, 0.15) is 16.4 Å². The zero-order valence-corrected chi connectivity index (χ0v) is 11.2. The summed E-state index contributed by atoms with van der Waals surface area (Å²) in [5.41, 5.74) is 0.388. The van der Waals surface area contributed by atoms with Crippen molar-refractivity contribution in [1.29, 1.82) is 0 Å².